The van der Waals surface area contributed by atoms with Crippen molar-refractivity contribution >= 4 is 11.6 Å². The maximum atomic E-state index is 6.03. The van der Waals surface area contributed by atoms with Crippen LogP contribution >= 0.6 is 11.6 Å². The summed E-state index contributed by atoms with van der Waals surface area (Å²) in [5.74, 6) is 3.80. The standard InChI is InChI=1S/C25H37Cl/c1-2-3-4-5-20-6-8-21(9-7-20)10-11-22-12-14-23(15-13-22)24-16-18-25(26)19-17-24/h2,16-23H,1,3-15H2/t20-,21-,22?,23?. The van der Waals surface area contributed by atoms with Crippen LogP contribution in [0.25, 0.3) is 0 Å². The van der Waals surface area contributed by atoms with E-state index in [2.05, 4.69) is 36.9 Å². The third kappa shape index (κ3) is 6.15. The van der Waals surface area contributed by atoms with Crippen LogP contribution in [0.15, 0.2) is 36.9 Å². The molecule has 1 aromatic rings. The van der Waals surface area contributed by atoms with E-state index in [1.54, 1.807) is 0 Å². The van der Waals surface area contributed by atoms with Crippen molar-refractivity contribution in [1.29, 1.82) is 0 Å². The first kappa shape index (κ1) is 20.0. The number of benzene rings is 1. The fraction of sp³-hybridized carbons (Fsp3) is 0.680. The first-order valence-electron chi connectivity index (χ1n) is 11.1. The van der Waals surface area contributed by atoms with Gasteiger partial charge in [0, 0.05) is 5.02 Å². The van der Waals surface area contributed by atoms with Gasteiger partial charge in [0.1, 0.15) is 0 Å². The molecule has 0 radical (unpaired) electrons. The molecule has 2 saturated carbocycles. The minimum atomic E-state index is 0.773. The van der Waals surface area contributed by atoms with E-state index >= 15 is 0 Å². The molecule has 0 saturated heterocycles. The number of unbranched alkanes of at least 4 members (excludes halogenated alkanes) is 1. The van der Waals surface area contributed by atoms with E-state index in [9.17, 15) is 0 Å². The van der Waals surface area contributed by atoms with Crippen LogP contribution in [0.4, 0.5) is 0 Å². The van der Waals surface area contributed by atoms with Crippen molar-refractivity contribution in [3.05, 3.63) is 47.5 Å². The Morgan fingerprint density at radius 2 is 1.27 bits per heavy atom. The molecule has 0 aliphatic heterocycles. The second-order valence-corrected chi connectivity index (χ2v) is 9.39. The van der Waals surface area contributed by atoms with Gasteiger partial charge in [0.25, 0.3) is 0 Å². The van der Waals surface area contributed by atoms with E-state index in [-0.39, 0.29) is 0 Å². The van der Waals surface area contributed by atoms with E-state index in [1.807, 2.05) is 0 Å². The van der Waals surface area contributed by atoms with Crippen LogP contribution in [0.2, 0.25) is 5.02 Å². The molecule has 0 nitrogen and oxygen atoms in total. The van der Waals surface area contributed by atoms with Crippen molar-refractivity contribution in [2.45, 2.75) is 89.4 Å². The largest absolute Gasteiger partial charge is 0.103 e. The highest BCUT2D eigenvalue weighted by atomic mass is 35.5. The zero-order valence-electron chi connectivity index (χ0n) is 16.5. The van der Waals surface area contributed by atoms with Crippen LogP contribution in [-0.2, 0) is 0 Å². The van der Waals surface area contributed by atoms with Crippen LogP contribution in [0.1, 0.15) is 95.0 Å². The van der Waals surface area contributed by atoms with Crippen LogP contribution in [-0.4, -0.2) is 0 Å². The molecule has 0 aromatic heterocycles. The molecule has 2 aliphatic carbocycles. The molecule has 0 amide bonds. The van der Waals surface area contributed by atoms with Gasteiger partial charge in [-0.05, 0) is 79.9 Å². The zero-order valence-corrected chi connectivity index (χ0v) is 17.2. The van der Waals surface area contributed by atoms with Gasteiger partial charge in [-0.1, -0.05) is 74.8 Å². The van der Waals surface area contributed by atoms with Crippen LogP contribution in [0.3, 0.4) is 0 Å². The molecular formula is C25H37Cl. The Balaban J connectivity index is 1.31. The first-order chi connectivity index (χ1) is 12.7. The highest BCUT2D eigenvalue weighted by Gasteiger charge is 2.25. The Morgan fingerprint density at radius 1 is 0.769 bits per heavy atom. The monoisotopic (exact) mass is 372 g/mol. The van der Waals surface area contributed by atoms with Crippen molar-refractivity contribution in [2.24, 2.45) is 17.8 Å². The summed E-state index contributed by atoms with van der Waals surface area (Å²) < 4.78 is 0. The fourth-order valence-electron chi connectivity index (χ4n) is 5.35. The highest BCUT2D eigenvalue weighted by Crippen LogP contribution is 2.40. The van der Waals surface area contributed by atoms with Gasteiger partial charge in [-0.2, -0.15) is 0 Å². The molecule has 3 rings (SSSR count). The molecule has 26 heavy (non-hydrogen) atoms. The summed E-state index contributed by atoms with van der Waals surface area (Å²) in [6, 6.07) is 8.58. The van der Waals surface area contributed by atoms with E-state index in [4.69, 9.17) is 11.6 Å². The van der Waals surface area contributed by atoms with Gasteiger partial charge in [0.05, 0.1) is 0 Å². The summed E-state index contributed by atoms with van der Waals surface area (Å²) in [4.78, 5) is 0. The average Bonchev–Trinajstić information content (AvgIpc) is 2.69. The molecule has 1 heteroatoms. The quantitative estimate of drug-likeness (QED) is 0.316. The maximum Gasteiger partial charge on any atom is 0.0406 e. The molecule has 2 aliphatic rings. The van der Waals surface area contributed by atoms with Gasteiger partial charge in [-0.25, -0.2) is 0 Å². The van der Waals surface area contributed by atoms with Gasteiger partial charge < -0.3 is 0 Å². The van der Waals surface area contributed by atoms with Crippen LogP contribution in [0, 0.1) is 17.8 Å². The van der Waals surface area contributed by atoms with Crippen LogP contribution in [0.5, 0.6) is 0 Å². The fourth-order valence-corrected chi connectivity index (χ4v) is 5.48. The summed E-state index contributed by atoms with van der Waals surface area (Å²) in [5, 5.41) is 0.859. The van der Waals surface area contributed by atoms with Crippen LogP contribution < -0.4 is 0 Å². The Labute approximate surface area is 166 Å². The maximum absolute atomic E-state index is 6.03. The van der Waals surface area contributed by atoms with Gasteiger partial charge >= 0.3 is 0 Å². The number of halogens is 1. The van der Waals surface area contributed by atoms with Crippen molar-refractivity contribution in [3.8, 4) is 0 Å². The summed E-state index contributed by atoms with van der Waals surface area (Å²) in [5.41, 5.74) is 1.50. The Bertz CT molecular complexity index is 516. The molecule has 0 spiro atoms. The third-order valence-corrected chi connectivity index (χ3v) is 7.41. The molecular weight excluding hydrogens is 336 g/mol. The molecule has 144 valence electrons. The summed E-state index contributed by atoms with van der Waals surface area (Å²) in [7, 11) is 0. The second kappa shape index (κ2) is 10.5. The predicted molar refractivity (Wildman–Crippen MR) is 115 cm³/mol. The van der Waals surface area contributed by atoms with Gasteiger partial charge in [0.2, 0.25) is 0 Å². The van der Waals surface area contributed by atoms with E-state index < -0.39 is 0 Å². The number of hydrogen-bond donors (Lipinski definition) is 0. The molecule has 0 unspecified atom stereocenters. The molecule has 2 fully saturated rings. The lowest BCUT2D eigenvalue weighted by Gasteiger charge is -2.32. The average molecular weight is 373 g/mol. The third-order valence-electron chi connectivity index (χ3n) is 7.16. The minimum absolute atomic E-state index is 0.773. The van der Waals surface area contributed by atoms with Crippen molar-refractivity contribution in [3.63, 3.8) is 0 Å². The van der Waals surface area contributed by atoms with Crippen molar-refractivity contribution < 1.29 is 0 Å². The number of rotatable bonds is 8. The lowest BCUT2D eigenvalue weighted by molar-refractivity contribution is 0.223. The predicted octanol–water partition coefficient (Wildman–Crippen LogP) is 8.56. The summed E-state index contributed by atoms with van der Waals surface area (Å²) in [6.07, 6.45) is 20.7. The smallest absolute Gasteiger partial charge is 0.0406 e. The summed E-state index contributed by atoms with van der Waals surface area (Å²) >= 11 is 6.03. The topological polar surface area (TPSA) is 0 Å². The van der Waals surface area contributed by atoms with Crippen molar-refractivity contribution in [2.75, 3.05) is 0 Å². The molecule has 0 bridgehead atoms. The van der Waals surface area contributed by atoms with Gasteiger partial charge in [-0.3, -0.25) is 0 Å². The summed E-state index contributed by atoms with van der Waals surface area (Å²) in [6.45, 7) is 3.84. The normalized spacial score (nSPS) is 29.4. The lowest BCUT2D eigenvalue weighted by atomic mass is 9.74. The van der Waals surface area contributed by atoms with Gasteiger partial charge in [0.15, 0.2) is 0 Å². The minimum Gasteiger partial charge on any atom is -0.103 e. The number of hydrogen-bond acceptors (Lipinski definition) is 0. The second-order valence-electron chi connectivity index (χ2n) is 8.95. The lowest BCUT2D eigenvalue weighted by Crippen LogP contribution is -2.17. The highest BCUT2D eigenvalue weighted by molar-refractivity contribution is 6.30. The van der Waals surface area contributed by atoms with E-state index in [0.29, 0.717) is 0 Å². The molecule has 0 N–H and O–H groups in total. The first-order valence-corrected chi connectivity index (χ1v) is 11.5. The van der Waals surface area contributed by atoms with E-state index in [1.165, 1.54) is 89.0 Å². The molecule has 0 atom stereocenters. The SMILES string of the molecule is C=CCCC[C@H]1CC[C@H](CCC2CCC(c3ccc(Cl)cc3)CC2)CC1. The van der Waals surface area contributed by atoms with Gasteiger partial charge in [-0.15, -0.1) is 6.58 Å². The van der Waals surface area contributed by atoms with E-state index in [0.717, 1.165) is 28.7 Å². The Kier molecular flexibility index (Phi) is 8.11. The molecule has 0 heterocycles. The zero-order chi connectivity index (χ0) is 18.2. The van der Waals surface area contributed by atoms with Crippen molar-refractivity contribution in [1.82, 2.24) is 0 Å². The molecule has 1 aromatic carbocycles. The Morgan fingerprint density at radius 3 is 1.81 bits per heavy atom. The number of allylic oxidation sites excluding steroid dienone is 1. The Hall–Kier alpha value is -0.750.